The van der Waals surface area contributed by atoms with Crippen LogP contribution in [0.5, 0.6) is 0 Å². The van der Waals surface area contributed by atoms with Gasteiger partial charge in [0.15, 0.2) is 0 Å². The van der Waals surface area contributed by atoms with Crippen molar-refractivity contribution in [3.05, 3.63) is 0 Å². The summed E-state index contributed by atoms with van der Waals surface area (Å²) in [5.74, 6) is 3.14. The van der Waals surface area contributed by atoms with E-state index in [1.54, 1.807) is 0 Å². The molecule has 322 valence electrons. The highest BCUT2D eigenvalue weighted by molar-refractivity contribution is 4.98. The maximum atomic E-state index is 12.8. The average Bonchev–Trinajstić information content (AvgIpc) is 3.42. The van der Waals surface area contributed by atoms with Crippen molar-refractivity contribution >= 4 is 0 Å². The van der Waals surface area contributed by atoms with E-state index >= 15 is 0 Å². The molecule has 0 bridgehead atoms. The van der Waals surface area contributed by atoms with Crippen molar-refractivity contribution in [1.82, 2.24) is 24.5 Å². The van der Waals surface area contributed by atoms with Crippen molar-refractivity contribution < 1.29 is 4.39 Å². The van der Waals surface area contributed by atoms with Gasteiger partial charge in [0, 0.05) is 62.9 Å². The lowest BCUT2D eigenvalue weighted by molar-refractivity contribution is 0.112. The van der Waals surface area contributed by atoms with Crippen molar-refractivity contribution in [3.8, 4) is 0 Å². The minimum Gasteiger partial charge on any atom is -0.301 e. The minimum absolute atomic E-state index is 0. The van der Waals surface area contributed by atoms with Gasteiger partial charge in [0.1, 0.15) is 6.17 Å². The van der Waals surface area contributed by atoms with E-state index in [2.05, 4.69) is 101 Å². The van der Waals surface area contributed by atoms with Crippen LogP contribution in [0, 0.1) is 23.2 Å². The number of alkyl halides is 1. The maximum absolute atomic E-state index is 12.8. The van der Waals surface area contributed by atoms with Gasteiger partial charge in [-0.2, -0.15) is 0 Å². The van der Waals surface area contributed by atoms with Crippen molar-refractivity contribution in [1.29, 1.82) is 0 Å². The first-order valence-corrected chi connectivity index (χ1v) is 21.5. The Labute approximate surface area is 335 Å². The zero-order valence-electron chi connectivity index (χ0n) is 34.9. The second kappa shape index (κ2) is 27.4. The number of fused-ring (bicyclic) bond motifs is 1. The molecule has 5 nitrogen and oxygen atoms in total. The molecule has 7 fully saturated rings. The third kappa shape index (κ3) is 19.6. The van der Waals surface area contributed by atoms with Crippen molar-refractivity contribution in [2.24, 2.45) is 23.2 Å². The van der Waals surface area contributed by atoms with Crippen LogP contribution in [0.3, 0.4) is 0 Å². The Kier molecular flexibility index (Phi) is 28.3. The quantitative estimate of drug-likeness (QED) is 0.277. The van der Waals surface area contributed by atoms with E-state index in [1.807, 2.05) is 0 Å². The van der Waals surface area contributed by atoms with Crippen LogP contribution in [0.4, 0.5) is 4.39 Å². The first-order chi connectivity index (χ1) is 23.2. The fraction of sp³-hybridized carbons (Fsp3) is 1.00. The van der Waals surface area contributed by atoms with Crippen LogP contribution < -0.4 is 0 Å². The van der Waals surface area contributed by atoms with Crippen molar-refractivity contribution in [3.63, 3.8) is 0 Å². The van der Waals surface area contributed by atoms with Crippen molar-refractivity contribution in [2.75, 3.05) is 65.4 Å². The zero-order chi connectivity index (χ0) is 36.1. The van der Waals surface area contributed by atoms with Crippen LogP contribution in [0.2, 0.25) is 0 Å². The van der Waals surface area contributed by atoms with E-state index in [1.165, 1.54) is 117 Å². The van der Waals surface area contributed by atoms with Gasteiger partial charge >= 0.3 is 0 Å². The molecule has 7 rings (SSSR count). The lowest BCUT2D eigenvalue weighted by Crippen LogP contribution is -2.40. The van der Waals surface area contributed by atoms with Gasteiger partial charge in [0.25, 0.3) is 0 Å². The summed E-state index contributed by atoms with van der Waals surface area (Å²) >= 11 is 0. The van der Waals surface area contributed by atoms with Crippen LogP contribution in [-0.4, -0.2) is 126 Å². The van der Waals surface area contributed by atoms with Crippen LogP contribution >= 0.6 is 0 Å². The molecule has 2 aliphatic carbocycles. The molecule has 3 unspecified atom stereocenters. The summed E-state index contributed by atoms with van der Waals surface area (Å²) in [5, 5.41) is 0. The summed E-state index contributed by atoms with van der Waals surface area (Å²) in [4.78, 5) is 12.6. The van der Waals surface area contributed by atoms with Gasteiger partial charge in [-0.05, 0) is 189 Å². The molecular formula is C47H102FN5. The summed E-state index contributed by atoms with van der Waals surface area (Å²) in [6.07, 6.45) is 15.9. The lowest BCUT2D eigenvalue weighted by atomic mass is 9.68. The molecule has 4 atom stereocenters. The maximum Gasteiger partial charge on any atom is 0.113 e. The number of rotatable bonds is 5. The third-order valence-corrected chi connectivity index (χ3v) is 13.0. The molecule has 7 aliphatic rings. The Morgan fingerprint density at radius 1 is 0.453 bits per heavy atom. The first kappa shape index (κ1) is 54.8. The highest BCUT2D eigenvalue weighted by Crippen LogP contribution is 2.48. The minimum atomic E-state index is -0.573. The molecule has 5 saturated heterocycles. The summed E-state index contributed by atoms with van der Waals surface area (Å²) in [7, 11) is 0. The summed E-state index contributed by atoms with van der Waals surface area (Å²) in [5.41, 5.74) is 0.796. The largest absolute Gasteiger partial charge is 0.301 e. The van der Waals surface area contributed by atoms with Crippen LogP contribution in [0.1, 0.15) is 183 Å². The van der Waals surface area contributed by atoms with Gasteiger partial charge in [-0.25, -0.2) is 4.39 Å². The van der Waals surface area contributed by atoms with Gasteiger partial charge in [0.2, 0.25) is 0 Å². The van der Waals surface area contributed by atoms with Crippen LogP contribution in [0.25, 0.3) is 0 Å². The van der Waals surface area contributed by atoms with Crippen LogP contribution in [0.15, 0.2) is 0 Å². The molecule has 5 heterocycles. The molecule has 0 aromatic rings. The van der Waals surface area contributed by atoms with Gasteiger partial charge < -0.3 is 19.6 Å². The number of nitrogens with zero attached hydrogens (tertiary/aromatic N) is 5. The molecule has 0 amide bonds. The van der Waals surface area contributed by atoms with Gasteiger partial charge in [0.05, 0.1) is 0 Å². The molecular weight excluding hydrogens is 654 g/mol. The Bertz CT molecular complexity index is 825. The molecule has 0 aromatic heterocycles. The number of likely N-dealkylation sites (tertiary alicyclic amines) is 5. The van der Waals surface area contributed by atoms with Crippen molar-refractivity contribution in [2.45, 2.75) is 219 Å². The first-order valence-electron chi connectivity index (χ1n) is 21.5. The molecule has 5 aliphatic heterocycles. The fourth-order valence-electron chi connectivity index (χ4n) is 8.90. The zero-order valence-corrected chi connectivity index (χ0v) is 34.9. The Balaban J connectivity index is 0. The van der Waals surface area contributed by atoms with E-state index in [0.29, 0.717) is 12.6 Å². The standard InChI is InChI=1S/C10H19N.C9H19N.C8H16FN.C8H15N.C8H17N.4CH4/c1-9(2)11-7-6-10(8-11)4-3-5-10;1-8(2)10-6-4-5-9(3)7-10;1-7(2)10-5-3-4-8(9)6-10;1-6(2)9-4-7-3-8(7)5-9;1-8(2)9-6-4-3-5-7-9;;;;/h9H,3-8H2,1-2H3;8-9H,4-7H2,1-3H3;7-8H,3-6H2,1-2H3;6-8H,3-5H2,1-2H3;8H,3-7H2,1-2H3;4*1H4/t;;8-;;;;;;/m..1....../s1. The monoisotopic (exact) mass is 756 g/mol. The Hall–Kier alpha value is -0.270. The van der Waals surface area contributed by atoms with Crippen LogP contribution in [-0.2, 0) is 0 Å². The molecule has 2 saturated carbocycles. The fourth-order valence-corrected chi connectivity index (χ4v) is 8.90. The summed E-state index contributed by atoms with van der Waals surface area (Å²) < 4.78 is 12.8. The predicted octanol–water partition coefficient (Wildman–Crippen LogP) is 12.0. The predicted molar refractivity (Wildman–Crippen MR) is 239 cm³/mol. The SMILES string of the molecule is C.C.C.C.CC(C)N1CC2CC2C1.CC(C)N1CCC2(CCC2)C1.CC(C)N1CCCCC1.CC(C)N1CCC[C@@H](F)C1.CC1CCCN(C(C)C)C1. The lowest BCUT2D eigenvalue weighted by Gasteiger charge is -2.38. The number of hydrogen-bond donors (Lipinski definition) is 0. The highest BCUT2D eigenvalue weighted by atomic mass is 19.1. The number of hydrogen-bond acceptors (Lipinski definition) is 5. The molecule has 53 heavy (non-hydrogen) atoms. The van der Waals surface area contributed by atoms with E-state index in [9.17, 15) is 4.39 Å². The van der Waals surface area contributed by atoms with E-state index in [4.69, 9.17) is 0 Å². The molecule has 6 heteroatoms. The second-order valence-electron chi connectivity index (χ2n) is 18.8. The summed E-state index contributed by atoms with van der Waals surface area (Å²) in [6.45, 7) is 37.5. The second-order valence-corrected chi connectivity index (χ2v) is 18.8. The summed E-state index contributed by atoms with van der Waals surface area (Å²) in [6, 6.07) is 3.60. The third-order valence-electron chi connectivity index (χ3n) is 13.0. The Morgan fingerprint density at radius 2 is 0.906 bits per heavy atom. The van der Waals surface area contributed by atoms with Gasteiger partial charge in [-0.15, -0.1) is 0 Å². The Morgan fingerprint density at radius 3 is 1.21 bits per heavy atom. The molecule has 0 aromatic carbocycles. The van der Waals surface area contributed by atoms with E-state index in [-0.39, 0.29) is 29.7 Å². The smallest absolute Gasteiger partial charge is 0.113 e. The van der Waals surface area contributed by atoms with Gasteiger partial charge in [-0.1, -0.05) is 49.5 Å². The molecule has 0 radical (unpaired) electrons. The molecule has 0 N–H and O–H groups in total. The number of piperidine rings is 4. The normalized spacial score (nSPS) is 28.2. The molecule has 1 spiro atoms. The highest BCUT2D eigenvalue weighted by Gasteiger charge is 2.45. The topological polar surface area (TPSA) is 16.2 Å². The average molecular weight is 756 g/mol. The van der Waals surface area contributed by atoms with E-state index < -0.39 is 6.17 Å². The van der Waals surface area contributed by atoms with E-state index in [0.717, 1.165) is 66.7 Å². The van der Waals surface area contributed by atoms with Gasteiger partial charge in [-0.3, -0.25) is 4.90 Å². The number of halogens is 1.